The van der Waals surface area contributed by atoms with Gasteiger partial charge in [0.2, 0.25) is 5.91 Å². The molecule has 0 radical (unpaired) electrons. The predicted molar refractivity (Wildman–Crippen MR) is 111 cm³/mol. The molecule has 3 aliphatic rings. The highest BCUT2D eigenvalue weighted by molar-refractivity contribution is 6.02. The summed E-state index contributed by atoms with van der Waals surface area (Å²) in [6, 6.07) is 8.21. The number of carbonyl (C=O) groups is 1. The second kappa shape index (κ2) is 8.44. The molecule has 2 saturated heterocycles. The second-order valence-corrected chi connectivity index (χ2v) is 8.97. The molecular formula is C23H32N2O4. The topological polar surface area (TPSA) is 71.4 Å². The van der Waals surface area contributed by atoms with Gasteiger partial charge in [0.05, 0.1) is 17.2 Å². The van der Waals surface area contributed by atoms with Crippen molar-refractivity contribution >= 4 is 11.6 Å². The van der Waals surface area contributed by atoms with Gasteiger partial charge in [-0.3, -0.25) is 4.79 Å². The number of aliphatic hydroxyl groups is 1. The molecule has 3 aliphatic heterocycles. The van der Waals surface area contributed by atoms with Crippen LogP contribution in [0.2, 0.25) is 0 Å². The Morgan fingerprint density at radius 1 is 1.31 bits per heavy atom. The van der Waals surface area contributed by atoms with Crippen LogP contribution in [0, 0.1) is 18.3 Å². The number of hydrogen-bond donors (Lipinski definition) is 1. The SMILES string of the molecule is Cc1ccccc1C1=NO[C@@H](CC2(C(=O)N3CC[C@@H](O)[C@H](C)C3)CCOCC2)C1. The number of hydrogen-bond acceptors (Lipinski definition) is 5. The van der Waals surface area contributed by atoms with Gasteiger partial charge in [-0.1, -0.05) is 36.3 Å². The zero-order valence-electron chi connectivity index (χ0n) is 17.5. The number of amides is 1. The van der Waals surface area contributed by atoms with Crippen LogP contribution in [-0.4, -0.2) is 60.1 Å². The molecule has 1 aromatic rings. The first-order chi connectivity index (χ1) is 14.0. The molecule has 4 rings (SSSR count). The predicted octanol–water partition coefficient (Wildman–Crippen LogP) is 2.90. The first kappa shape index (κ1) is 20.4. The maximum absolute atomic E-state index is 13.6. The van der Waals surface area contributed by atoms with Gasteiger partial charge in [-0.15, -0.1) is 0 Å². The van der Waals surface area contributed by atoms with Crippen molar-refractivity contribution in [2.75, 3.05) is 26.3 Å². The fraction of sp³-hybridized carbons (Fsp3) is 0.652. The lowest BCUT2D eigenvalue weighted by Crippen LogP contribution is -2.53. The standard InChI is InChI=1S/C23H32N2O4/c1-16-5-3-4-6-19(16)20-13-18(29-24-20)14-23(8-11-28-12-9-23)22(27)25-10-7-21(26)17(2)15-25/h3-6,17-18,21,26H,7-15H2,1-2H3/t17-,18-,21-/m1/s1. The summed E-state index contributed by atoms with van der Waals surface area (Å²) >= 11 is 0. The third kappa shape index (κ3) is 4.19. The minimum Gasteiger partial charge on any atom is -0.393 e. The van der Waals surface area contributed by atoms with Crippen molar-refractivity contribution in [1.82, 2.24) is 4.90 Å². The number of aliphatic hydroxyl groups excluding tert-OH is 1. The van der Waals surface area contributed by atoms with E-state index in [4.69, 9.17) is 9.57 Å². The first-order valence-corrected chi connectivity index (χ1v) is 10.8. The van der Waals surface area contributed by atoms with Gasteiger partial charge in [0.1, 0.15) is 6.10 Å². The molecule has 1 N–H and O–H groups in total. The molecule has 1 aromatic carbocycles. The summed E-state index contributed by atoms with van der Waals surface area (Å²) in [6.07, 6.45) is 3.10. The smallest absolute Gasteiger partial charge is 0.229 e. The van der Waals surface area contributed by atoms with Crippen LogP contribution in [-0.2, 0) is 14.4 Å². The molecule has 0 bridgehead atoms. The van der Waals surface area contributed by atoms with Gasteiger partial charge in [0.25, 0.3) is 0 Å². The molecule has 3 atom stereocenters. The molecule has 0 saturated carbocycles. The summed E-state index contributed by atoms with van der Waals surface area (Å²) in [5.74, 6) is 0.316. The van der Waals surface area contributed by atoms with E-state index in [2.05, 4.69) is 24.2 Å². The van der Waals surface area contributed by atoms with Crippen molar-refractivity contribution in [3.05, 3.63) is 35.4 Å². The van der Waals surface area contributed by atoms with Crippen LogP contribution in [0.3, 0.4) is 0 Å². The van der Waals surface area contributed by atoms with Gasteiger partial charge in [-0.05, 0) is 37.7 Å². The van der Waals surface area contributed by atoms with E-state index in [0.29, 0.717) is 39.1 Å². The Bertz CT molecular complexity index is 772. The number of likely N-dealkylation sites (tertiary alicyclic amines) is 1. The molecule has 3 heterocycles. The summed E-state index contributed by atoms with van der Waals surface area (Å²) in [6.45, 7) is 6.57. The molecule has 6 nitrogen and oxygen atoms in total. The Labute approximate surface area is 172 Å². The van der Waals surface area contributed by atoms with Crippen molar-refractivity contribution in [2.24, 2.45) is 16.5 Å². The molecule has 2 fully saturated rings. The van der Waals surface area contributed by atoms with Crippen molar-refractivity contribution in [3.8, 4) is 0 Å². The monoisotopic (exact) mass is 400 g/mol. The van der Waals surface area contributed by atoms with Crippen LogP contribution in [0.1, 0.15) is 50.2 Å². The number of oxime groups is 1. The average Bonchev–Trinajstić information content (AvgIpc) is 3.18. The number of piperidine rings is 1. The van der Waals surface area contributed by atoms with Crippen LogP contribution in [0.25, 0.3) is 0 Å². The number of carbonyl (C=O) groups excluding carboxylic acids is 1. The molecular weight excluding hydrogens is 368 g/mol. The Morgan fingerprint density at radius 2 is 2.07 bits per heavy atom. The Morgan fingerprint density at radius 3 is 2.79 bits per heavy atom. The highest BCUT2D eigenvalue weighted by Gasteiger charge is 2.46. The molecule has 0 aliphatic carbocycles. The number of rotatable bonds is 4. The van der Waals surface area contributed by atoms with Gasteiger partial charge in [0.15, 0.2) is 0 Å². The van der Waals surface area contributed by atoms with Crippen LogP contribution in [0.5, 0.6) is 0 Å². The maximum Gasteiger partial charge on any atom is 0.229 e. The molecule has 0 unspecified atom stereocenters. The molecule has 0 aromatic heterocycles. The average molecular weight is 401 g/mol. The van der Waals surface area contributed by atoms with Crippen molar-refractivity contribution in [3.63, 3.8) is 0 Å². The Kier molecular flexibility index (Phi) is 5.93. The highest BCUT2D eigenvalue weighted by Crippen LogP contribution is 2.41. The van der Waals surface area contributed by atoms with Crippen molar-refractivity contribution in [1.29, 1.82) is 0 Å². The summed E-state index contributed by atoms with van der Waals surface area (Å²) in [4.78, 5) is 21.4. The number of nitrogens with zero attached hydrogens (tertiary/aromatic N) is 2. The minimum atomic E-state index is -0.457. The molecule has 1 amide bonds. The van der Waals surface area contributed by atoms with E-state index in [-0.39, 0.29) is 24.0 Å². The van der Waals surface area contributed by atoms with E-state index in [1.807, 2.05) is 24.0 Å². The fourth-order valence-electron chi connectivity index (χ4n) is 4.95. The van der Waals surface area contributed by atoms with Crippen LogP contribution < -0.4 is 0 Å². The summed E-state index contributed by atoms with van der Waals surface area (Å²) in [7, 11) is 0. The van der Waals surface area contributed by atoms with Crippen molar-refractivity contribution in [2.45, 2.75) is 58.2 Å². The van der Waals surface area contributed by atoms with E-state index in [9.17, 15) is 9.90 Å². The molecule has 0 spiro atoms. The largest absolute Gasteiger partial charge is 0.393 e. The van der Waals surface area contributed by atoms with Gasteiger partial charge < -0.3 is 19.6 Å². The summed E-state index contributed by atoms with van der Waals surface area (Å²) in [5.41, 5.74) is 2.83. The van der Waals surface area contributed by atoms with Gasteiger partial charge in [0, 0.05) is 44.7 Å². The third-order valence-electron chi connectivity index (χ3n) is 6.86. The van der Waals surface area contributed by atoms with E-state index < -0.39 is 5.41 Å². The molecule has 158 valence electrons. The zero-order valence-corrected chi connectivity index (χ0v) is 17.5. The normalized spacial score (nSPS) is 29.3. The zero-order chi connectivity index (χ0) is 20.4. The van der Waals surface area contributed by atoms with Crippen LogP contribution in [0.4, 0.5) is 0 Å². The molecule has 6 heteroatoms. The van der Waals surface area contributed by atoms with Crippen LogP contribution in [0.15, 0.2) is 29.4 Å². The van der Waals surface area contributed by atoms with E-state index in [1.165, 1.54) is 5.56 Å². The first-order valence-electron chi connectivity index (χ1n) is 10.8. The van der Waals surface area contributed by atoms with Crippen LogP contribution >= 0.6 is 0 Å². The number of benzene rings is 1. The lowest BCUT2D eigenvalue weighted by molar-refractivity contribution is -0.155. The van der Waals surface area contributed by atoms with E-state index in [0.717, 1.165) is 30.5 Å². The second-order valence-electron chi connectivity index (χ2n) is 8.97. The van der Waals surface area contributed by atoms with E-state index >= 15 is 0 Å². The van der Waals surface area contributed by atoms with Crippen molar-refractivity contribution < 1.29 is 19.5 Å². The Balaban J connectivity index is 1.47. The lowest BCUT2D eigenvalue weighted by Gasteiger charge is -2.43. The quantitative estimate of drug-likeness (QED) is 0.844. The van der Waals surface area contributed by atoms with Gasteiger partial charge >= 0.3 is 0 Å². The summed E-state index contributed by atoms with van der Waals surface area (Å²) < 4.78 is 5.59. The van der Waals surface area contributed by atoms with Gasteiger partial charge in [-0.25, -0.2) is 0 Å². The van der Waals surface area contributed by atoms with Gasteiger partial charge in [-0.2, -0.15) is 0 Å². The highest BCUT2D eigenvalue weighted by atomic mass is 16.6. The Hall–Kier alpha value is -1.92. The van der Waals surface area contributed by atoms with E-state index in [1.54, 1.807) is 0 Å². The maximum atomic E-state index is 13.6. The summed E-state index contributed by atoms with van der Waals surface area (Å²) in [5, 5.41) is 14.4. The molecule has 29 heavy (non-hydrogen) atoms. The number of aryl methyl sites for hydroxylation is 1. The lowest BCUT2D eigenvalue weighted by atomic mass is 9.73. The third-order valence-corrected chi connectivity index (χ3v) is 6.86. The fourth-order valence-corrected chi connectivity index (χ4v) is 4.95. The minimum absolute atomic E-state index is 0.0838. The number of ether oxygens (including phenoxy) is 1.